The topological polar surface area (TPSA) is 95.0 Å². The van der Waals surface area contributed by atoms with E-state index in [-0.39, 0.29) is 17.2 Å². The number of phenolic OH excluding ortho intramolecular Hbond substituents is 1. The zero-order valence-corrected chi connectivity index (χ0v) is 13.1. The molecule has 0 unspecified atom stereocenters. The van der Waals surface area contributed by atoms with Crippen molar-refractivity contribution in [1.29, 1.82) is 0 Å². The zero-order chi connectivity index (χ0) is 16.2. The van der Waals surface area contributed by atoms with Gasteiger partial charge >= 0.3 is 0 Å². The van der Waals surface area contributed by atoms with Gasteiger partial charge in [-0.25, -0.2) is 0 Å². The number of phenols is 1. The Kier molecular flexibility index (Phi) is 8.44. The Morgan fingerprint density at radius 3 is 2.64 bits per heavy atom. The molecule has 0 fully saturated rings. The lowest BCUT2D eigenvalue weighted by Crippen LogP contribution is -2.41. The van der Waals surface area contributed by atoms with E-state index in [1.807, 2.05) is 6.92 Å². The van der Waals surface area contributed by atoms with Gasteiger partial charge in [-0.05, 0) is 19.1 Å². The maximum atomic E-state index is 11.9. The molecule has 0 aromatic heterocycles. The van der Waals surface area contributed by atoms with Crippen molar-refractivity contribution in [1.82, 2.24) is 16.0 Å². The average molecular weight is 308 g/mol. The number of nitrogens with zero attached hydrogens (tertiary/aromatic N) is 1. The number of amides is 1. The second-order valence-electron chi connectivity index (χ2n) is 4.45. The summed E-state index contributed by atoms with van der Waals surface area (Å²) in [5.41, 5.74) is 0.267. The van der Waals surface area contributed by atoms with Crippen LogP contribution in [0.3, 0.4) is 0 Å². The van der Waals surface area contributed by atoms with Gasteiger partial charge in [-0.1, -0.05) is 12.1 Å². The molecule has 0 radical (unpaired) electrons. The smallest absolute Gasteiger partial charge is 0.255 e. The fraction of sp³-hybridized carbons (Fsp3) is 0.467. The Morgan fingerprint density at radius 2 is 1.95 bits per heavy atom. The number of methoxy groups -OCH3 is 1. The largest absolute Gasteiger partial charge is 0.507 e. The van der Waals surface area contributed by atoms with Crippen molar-refractivity contribution >= 4 is 11.9 Å². The van der Waals surface area contributed by atoms with Crippen molar-refractivity contribution in [2.45, 2.75) is 6.92 Å². The highest BCUT2D eigenvalue weighted by molar-refractivity contribution is 5.96. The number of ether oxygens (including phenoxy) is 1. The highest BCUT2D eigenvalue weighted by atomic mass is 16.5. The van der Waals surface area contributed by atoms with Crippen molar-refractivity contribution in [2.75, 3.05) is 39.9 Å². The fourth-order valence-corrected chi connectivity index (χ4v) is 1.71. The number of benzene rings is 1. The van der Waals surface area contributed by atoms with Crippen LogP contribution in [0.25, 0.3) is 0 Å². The monoisotopic (exact) mass is 308 g/mol. The van der Waals surface area contributed by atoms with E-state index in [4.69, 9.17) is 4.74 Å². The molecule has 0 atom stereocenters. The molecule has 7 heteroatoms. The second kappa shape index (κ2) is 10.4. The molecule has 0 heterocycles. The predicted molar refractivity (Wildman–Crippen MR) is 86.3 cm³/mol. The molecule has 122 valence electrons. The minimum Gasteiger partial charge on any atom is -0.507 e. The number of para-hydroxylation sites is 1. The van der Waals surface area contributed by atoms with Gasteiger partial charge in [0.1, 0.15) is 5.75 Å². The first-order valence-corrected chi connectivity index (χ1v) is 7.26. The molecule has 0 spiro atoms. The maximum absolute atomic E-state index is 11.9. The van der Waals surface area contributed by atoms with E-state index < -0.39 is 0 Å². The van der Waals surface area contributed by atoms with Crippen molar-refractivity contribution < 1.29 is 14.6 Å². The van der Waals surface area contributed by atoms with Gasteiger partial charge in [0.15, 0.2) is 5.96 Å². The van der Waals surface area contributed by atoms with Crippen molar-refractivity contribution in [2.24, 2.45) is 4.99 Å². The summed E-state index contributed by atoms with van der Waals surface area (Å²) in [4.78, 5) is 16.2. The molecule has 0 bridgehead atoms. The van der Waals surface area contributed by atoms with E-state index in [0.29, 0.717) is 32.2 Å². The first kappa shape index (κ1) is 17.8. The average Bonchev–Trinajstić information content (AvgIpc) is 2.52. The SMILES string of the molecule is CCNC(=NCCOC)NCCNC(=O)c1ccccc1O. The van der Waals surface area contributed by atoms with Gasteiger partial charge in [0, 0.05) is 26.7 Å². The first-order valence-electron chi connectivity index (χ1n) is 7.26. The summed E-state index contributed by atoms with van der Waals surface area (Å²) in [5.74, 6) is 0.347. The summed E-state index contributed by atoms with van der Waals surface area (Å²) in [7, 11) is 1.63. The number of hydrogen-bond donors (Lipinski definition) is 4. The van der Waals surface area contributed by atoms with Crippen LogP contribution in [-0.4, -0.2) is 56.9 Å². The van der Waals surface area contributed by atoms with Crippen LogP contribution >= 0.6 is 0 Å². The third-order valence-corrected chi connectivity index (χ3v) is 2.76. The van der Waals surface area contributed by atoms with Gasteiger partial charge in [0.2, 0.25) is 0 Å². The normalized spacial score (nSPS) is 11.1. The quantitative estimate of drug-likeness (QED) is 0.315. The van der Waals surface area contributed by atoms with Gasteiger partial charge in [-0.15, -0.1) is 0 Å². The Morgan fingerprint density at radius 1 is 1.23 bits per heavy atom. The van der Waals surface area contributed by atoms with E-state index in [0.717, 1.165) is 6.54 Å². The molecule has 1 rings (SSSR count). The minimum atomic E-state index is -0.304. The molecular weight excluding hydrogens is 284 g/mol. The lowest BCUT2D eigenvalue weighted by Gasteiger charge is -2.12. The summed E-state index contributed by atoms with van der Waals surface area (Å²) >= 11 is 0. The Labute approximate surface area is 130 Å². The minimum absolute atomic E-state index is 0.0255. The Hall–Kier alpha value is -2.28. The number of rotatable bonds is 8. The van der Waals surface area contributed by atoms with Crippen molar-refractivity contribution in [3.8, 4) is 5.75 Å². The predicted octanol–water partition coefficient (Wildman–Crippen LogP) is 0.324. The van der Waals surface area contributed by atoms with E-state index in [9.17, 15) is 9.90 Å². The third-order valence-electron chi connectivity index (χ3n) is 2.76. The van der Waals surface area contributed by atoms with Crippen LogP contribution < -0.4 is 16.0 Å². The van der Waals surface area contributed by atoms with Gasteiger partial charge < -0.3 is 25.8 Å². The molecule has 0 aliphatic heterocycles. The van der Waals surface area contributed by atoms with Crippen LogP contribution in [0.2, 0.25) is 0 Å². The number of carbonyl (C=O) groups is 1. The summed E-state index contributed by atoms with van der Waals surface area (Å²) in [6.07, 6.45) is 0. The highest BCUT2D eigenvalue weighted by Crippen LogP contribution is 2.14. The lowest BCUT2D eigenvalue weighted by atomic mass is 10.2. The summed E-state index contributed by atoms with van der Waals surface area (Å²) < 4.78 is 4.94. The number of hydrogen-bond acceptors (Lipinski definition) is 4. The summed E-state index contributed by atoms with van der Waals surface area (Å²) in [5, 5.41) is 18.5. The third kappa shape index (κ3) is 6.45. The zero-order valence-electron chi connectivity index (χ0n) is 13.1. The van der Waals surface area contributed by atoms with Gasteiger partial charge in [0.25, 0.3) is 5.91 Å². The lowest BCUT2D eigenvalue weighted by molar-refractivity contribution is 0.0951. The molecule has 0 saturated heterocycles. The van der Waals surface area contributed by atoms with E-state index in [1.165, 1.54) is 6.07 Å². The molecule has 1 aromatic rings. The first-order chi connectivity index (χ1) is 10.7. The molecule has 7 nitrogen and oxygen atoms in total. The van der Waals surface area contributed by atoms with Crippen LogP contribution in [-0.2, 0) is 4.74 Å². The molecule has 4 N–H and O–H groups in total. The fourth-order valence-electron chi connectivity index (χ4n) is 1.71. The number of aromatic hydroxyl groups is 1. The molecule has 0 aliphatic carbocycles. The second-order valence-corrected chi connectivity index (χ2v) is 4.45. The van der Waals surface area contributed by atoms with Gasteiger partial charge in [-0.2, -0.15) is 0 Å². The molecular formula is C15H24N4O3. The maximum Gasteiger partial charge on any atom is 0.255 e. The van der Waals surface area contributed by atoms with Crippen LogP contribution in [0.1, 0.15) is 17.3 Å². The molecule has 0 saturated carbocycles. The van der Waals surface area contributed by atoms with E-state index >= 15 is 0 Å². The van der Waals surface area contributed by atoms with Crippen LogP contribution in [0.4, 0.5) is 0 Å². The number of guanidine groups is 1. The van der Waals surface area contributed by atoms with Crippen LogP contribution in [0.5, 0.6) is 5.75 Å². The van der Waals surface area contributed by atoms with Crippen LogP contribution in [0.15, 0.2) is 29.3 Å². The van der Waals surface area contributed by atoms with Crippen LogP contribution in [0, 0.1) is 0 Å². The highest BCUT2D eigenvalue weighted by Gasteiger charge is 2.08. The number of nitrogens with one attached hydrogen (secondary N) is 3. The van der Waals surface area contributed by atoms with Gasteiger partial charge in [0.05, 0.1) is 18.7 Å². The van der Waals surface area contributed by atoms with E-state index in [2.05, 4.69) is 20.9 Å². The number of carbonyl (C=O) groups excluding carboxylic acids is 1. The standard InChI is InChI=1S/C15H24N4O3/c1-3-16-15(19-10-11-22-2)18-9-8-17-14(21)12-6-4-5-7-13(12)20/h4-7,20H,3,8-11H2,1-2H3,(H,17,21)(H2,16,18,19). The molecule has 1 amide bonds. The van der Waals surface area contributed by atoms with Gasteiger partial charge in [-0.3, -0.25) is 9.79 Å². The molecule has 22 heavy (non-hydrogen) atoms. The molecule has 1 aromatic carbocycles. The Balaban J connectivity index is 2.35. The van der Waals surface area contributed by atoms with E-state index in [1.54, 1.807) is 25.3 Å². The summed E-state index contributed by atoms with van der Waals surface area (Å²) in [6, 6.07) is 6.44. The Bertz CT molecular complexity index is 491. The van der Waals surface area contributed by atoms with Crippen molar-refractivity contribution in [3.63, 3.8) is 0 Å². The summed E-state index contributed by atoms with van der Waals surface area (Å²) in [6.45, 7) is 4.80. The van der Waals surface area contributed by atoms with Crippen molar-refractivity contribution in [3.05, 3.63) is 29.8 Å². The molecule has 0 aliphatic rings. The number of aliphatic imine (C=N–C) groups is 1.